The van der Waals surface area contributed by atoms with Crippen LogP contribution in [0, 0.1) is 0 Å². The number of hydrogen-bond acceptors (Lipinski definition) is 6. The van der Waals surface area contributed by atoms with Crippen molar-refractivity contribution in [2.45, 2.75) is 63.1 Å². The molecule has 0 bridgehead atoms. The van der Waals surface area contributed by atoms with E-state index in [9.17, 15) is 10.2 Å². The van der Waals surface area contributed by atoms with E-state index in [1.165, 1.54) is 0 Å². The van der Waals surface area contributed by atoms with E-state index in [-0.39, 0.29) is 26.4 Å². The average Bonchev–Trinajstić information content (AvgIpc) is 3.01. The standard InChI is InChI=1S/C34H36O6/c35-29-30(36)32(38-22-26-15-7-2-8-16-26)34(40-24-28-19-11-4-12-20-28)33(39-23-27-17-9-3-10-18-27)31(29)37-21-25-13-5-1-6-14-25/h1-20,29-36H,21-24H2/t29-,30?,31?,32?,33?,34+/m1/s1. The van der Waals surface area contributed by atoms with Crippen LogP contribution in [0.2, 0.25) is 0 Å². The molecule has 6 heteroatoms. The first-order valence-electron chi connectivity index (χ1n) is 13.7. The SMILES string of the molecule is OC1C(OCc2ccccc2)[C@H](OCc2ccccc2)C(OCc2ccccc2)C(OCc2ccccc2)[C@@H]1O. The van der Waals surface area contributed by atoms with E-state index in [2.05, 4.69) is 0 Å². The molecule has 1 fully saturated rings. The molecule has 1 aliphatic carbocycles. The molecule has 0 amide bonds. The zero-order valence-electron chi connectivity index (χ0n) is 22.4. The van der Waals surface area contributed by atoms with Crippen LogP contribution >= 0.6 is 0 Å². The van der Waals surface area contributed by atoms with Crippen LogP contribution in [0.5, 0.6) is 0 Å². The summed E-state index contributed by atoms with van der Waals surface area (Å²) in [5, 5.41) is 22.7. The largest absolute Gasteiger partial charge is 0.387 e. The topological polar surface area (TPSA) is 77.4 Å². The Morgan fingerprint density at radius 3 is 0.825 bits per heavy atom. The minimum atomic E-state index is -1.25. The lowest BCUT2D eigenvalue weighted by Gasteiger charge is -2.47. The molecular weight excluding hydrogens is 504 g/mol. The van der Waals surface area contributed by atoms with Crippen LogP contribution in [-0.4, -0.2) is 46.8 Å². The monoisotopic (exact) mass is 540 g/mol. The van der Waals surface area contributed by atoms with Crippen molar-refractivity contribution in [1.29, 1.82) is 0 Å². The van der Waals surface area contributed by atoms with Crippen LogP contribution in [0.3, 0.4) is 0 Å². The molecule has 1 saturated carbocycles. The van der Waals surface area contributed by atoms with Crippen LogP contribution in [0.25, 0.3) is 0 Å². The van der Waals surface area contributed by atoms with Crippen LogP contribution in [0.1, 0.15) is 22.3 Å². The third-order valence-electron chi connectivity index (χ3n) is 7.14. The van der Waals surface area contributed by atoms with E-state index in [1.54, 1.807) is 0 Å². The molecule has 208 valence electrons. The molecule has 5 rings (SSSR count). The lowest BCUT2D eigenvalue weighted by molar-refractivity contribution is -0.273. The summed E-state index contributed by atoms with van der Waals surface area (Å²) < 4.78 is 25.5. The van der Waals surface area contributed by atoms with Crippen molar-refractivity contribution < 1.29 is 29.2 Å². The molecule has 4 aromatic carbocycles. The Morgan fingerprint density at radius 2 is 0.575 bits per heavy atom. The van der Waals surface area contributed by atoms with Gasteiger partial charge in [0, 0.05) is 0 Å². The van der Waals surface area contributed by atoms with E-state index in [0.29, 0.717) is 0 Å². The first-order chi connectivity index (χ1) is 19.7. The quantitative estimate of drug-likeness (QED) is 0.262. The van der Waals surface area contributed by atoms with Gasteiger partial charge in [0.25, 0.3) is 0 Å². The van der Waals surface area contributed by atoms with E-state index >= 15 is 0 Å². The molecule has 0 spiro atoms. The van der Waals surface area contributed by atoms with Gasteiger partial charge in [0.1, 0.15) is 36.6 Å². The number of rotatable bonds is 12. The van der Waals surface area contributed by atoms with Crippen LogP contribution in [-0.2, 0) is 45.4 Å². The lowest BCUT2D eigenvalue weighted by Crippen LogP contribution is -2.66. The summed E-state index contributed by atoms with van der Waals surface area (Å²) in [7, 11) is 0. The number of aliphatic hydroxyl groups excluding tert-OH is 2. The third-order valence-corrected chi connectivity index (χ3v) is 7.14. The van der Waals surface area contributed by atoms with E-state index in [0.717, 1.165) is 22.3 Å². The van der Waals surface area contributed by atoms with Gasteiger partial charge in [-0.05, 0) is 22.3 Å². The van der Waals surface area contributed by atoms with Crippen molar-refractivity contribution in [3.63, 3.8) is 0 Å². The van der Waals surface area contributed by atoms with Gasteiger partial charge in [-0.25, -0.2) is 0 Å². The fraction of sp³-hybridized carbons (Fsp3) is 0.294. The maximum Gasteiger partial charge on any atom is 0.116 e. The Labute approximate surface area is 235 Å². The first-order valence-corrected chi connectivity index (χ1v) is 13.7. The fourth-order valence-electron chi connectivity index (χ4n) is 4.98. The highest BCUT2D eigenvalue weighted by Crippen LogP contribution is 2.32. The van der Waals surface area contributed by atoms with Crippen molar-refractivity contribution in [2.75, 3.05) is 0 Å². The highest BCUT2D eigenvalue weighted by molar-refractivity contribution is 5.17. The molecule has 4 aromatic rings. The van der Waals surface area contributed by atoms with E-state index in [1.807, 2.05) is 121 Å². The second kappa shape index (κ2) is 14.3. The second-order valence-electron chi connectivity index (χ2n) is 10.0. The van der Waals surface area contributed by atoms with Crippen molar-refractivity contribution in [1.82, 2.24) is 0 Å². The number of benzene rings is 4. The number of ether oxygens (including phenoxy) is 4. The molecule has 2 N–H and O–H groups in total. The summed E-state index contributed by atoms with van der Waals surface area (Å²) >= 11 is 0. The van der Waals surface area contributed by atoms with Gasteiger partial charge in [-0.15, -0.1) is 0 Å². The van der Waals surface area contributed by atoms with Gasteiger partial charge in [-0.2, -0.15) is 0 Å². The van der Waals surface area contributed by atoms with Gasteiger partial charge >= 0.3 is 0 Å². The molecule has 0 aromatic heterocycles. The van der Waals surface area contributed by atoms with Gasteiger partial charge in [0.2, 0.25) is 0 Å². The zero-order chi connectivity index (χ0) is 27.6. The van der Waals surface area contributed by atoms with E-state index in [4.69, 9.17) is 18.9 Å². The Kier molecular flexibility index (Phi) is 10.1. The highest BCUT2D eigenvalue weighted by atomic mass is 16.6. The van der Waals surface area contributed by atoms with Crippen molar-refractivity contribution in [3.8, 4) is 0 Å². The van der Waals surface area contributed by atoms with Crippen LogP contribution in [0.15, 0.2) is 121 Å². The number of hydrogen-bond donors (Lipinski definition) is 2. The minimum Gasteiger partial charge on any atom is -0.387 e. The molecule has 6 atom stereocenters. The maximum absolute atomic E-state index is 11.4. The predicted molar refractivity (Wildman–Crippen MR) is 152 cm³/mol. The molecule has 6 nitrogen and oxygen atoms in total. The maximum atomic E-state index is 11.4. The van der Waals surface area contributed by atoms with Crippen LogP contribution < -0.4 is 0 Å². The lowest BCUT2D eigenvalue weighted by atomic mass is 9.84. The molecule has 1 aliphatic rings. The van der Waals surface area contributed by atoms with E-state index < -0.39 is 36.6 Å². The molecule has 0 radical (unpaired) electrons. The van der Waals surface area contributed by atoms with Gasteiger partial charge in [0.15, 0.2) is 0 Å². The zero-order valence-corrected chi connectivity index (χ0v) is 22.4. The summed E-state index contributed by atoms with van der Waals surface area (Å²) in [6.07, 6.45) is -5.63. The summed E-state index contributed by atoms with van der Waals surface area (Å²) in [5.41, 5.74) is 3.87. The first kappa shape index (κ1) is 28.2. The second-order valence-corrected chi connectivity index (χ2v) is 10.0. The van der Waals surface area contributed by atoms with Crippen molar-refractivity contribution in [3.05, 3.63) is 144 Å². The van der Waals surface area contributed by atoms with Crippen LogP contribution in [0.4, 0.5) is 0 Å². The number of aliphatic hydroxyl groups is 2. The minimum absolute atomic E-state index is 0.251. The van der Waals surface area contributed by atoms with Gasteiger partial charge in [-0.1, -0.05) is 121 Å². The normalized spacial score (nSPS) is 24.6. The Morgan fingerprint density at radius 1 is 0.350 bits per heavy atom. The Balaban J connectivity index is 1.42. The Bertz CT molecular complexity index is 1150. The molecular formula is C34H36O6. The average molecular weight is 541 g/mol. The smallest absolute Gasteiger partial charge is 0.116 e. The molecule has 0 aliphatic heterocycles. The van der Waals surface area contributed by atoms with Crippen molar-refractivity contribution >= 4 is 0 Å². The highest BCUT2D eigenvalue weighted by Gasteiger charge is 2.52. The summed E-state index contributed by atoms with van der Waals surface area (Å²) in [4.78, 5) is 0. The summed E-state index contributed by atoms with van der Waals surface area (Å²) in [6, 6.07) is 39.1. The Hall–Kier alpha value is -3.36. The summed E-state index contributed by atoms with van der Waals surface area (Å²) in [5.74, 6) is 0. The molecule has 4 unspecified atom stereocenters. The molecule has 40 heavy (non-hydrogen) atoms. The van der Waals surface area contributed by atoms with Gasteiger partial charge in [0.05, 0.1) is 26.4 Å². The molecule has 0 heterocycles. The molecule has 0 saturated heterocycles. The predicted octanol–water partition coefficient (Wildman–Crippen LogP) is 5.06. The van der Waals surface area contributed by atoms with Crippen molar-refractivity contribution in [2.24, 2.45) is 0 Å². The third kappa shape index (κ3) is 7.43. The fourth-order valence-corrected chi connectivity index (χ4v) is 4.98. The van der Waals surface area contributed by atoms with Gasteiger partial charge < -0.3 is 29.2 Å². The summed E-state index contributed by atoms with van der Waals surface area (Å²) in [6.45, 7) is 1.08. The van der Waals surface area contributed by atoms with Gasteiger partial charge in [-0.3, -0.25) is 0 Å².